The van der Waals surface area contributed by atoms with Crippen molar-refractivity contribution in [3.05, 3.63) is 29.8 Å². The number of aromatic hydroxyl groups is 1. The molecule has 1 aliphatic rings. The summed E-state index contributed by atoms with van der Waals surface area (Å²) in [7, 11) is 1.79. The maximum atomic E-state index is 9.21. The molecule has 1 atom stereocenters. The van der Waals surface area contributed by atoms with Gasteiger partial charge in [0.05, 0.1) is 6.10 Å². The van der Waals surface area contributed by atoms with E-state index < -0.39 is 0 Å². The molecular weight excluding hydrogens is 202 g/mol. The number of hydrogen-bond donors (Lipinski definition) is 1. The van der Waals surface area contributed by atoms with Gasteiger partial charge in [0, 0.05) is 20.2 Å². The standard InChI is InChI=1S/C13H19NO2/c1-16-13-3-2-8-14(10-13)9-11-4-6-12(15)7-5-11/h4-7,13,15H,2-3,8-10H2,1H3. The van der Waals surface area contributed by atoms with E-state index in [1.54, 1.807) is 19.2 Å². The van der Waals surface area contributed by atoms with Gasteiger partial charge in [0.15, 0.2) is 0 Å². The number of benzene rings is 1. The molecule has 16 heavy (non-hydrogen) atoms. The first kappa shape index (κ1) is 11.4. The third kappa shape index (κ3) is 2.97. The van der Waals surface area contributed by atoms with Crippen LogP contribution in [0.2, 0.25) is 0 Å². The van der Waals surface area contributed by atoms with Crippen molar-refractivity contribution >= 4 is 0 Å². The van der Waals surface area contributed by atoms with Gasteiger partial charge in [-0.1, -0.05) is 12.1 Å². The van der Waals surface area contributed by atoms with Gasteiger partial charge in [-0.3, -0.25) is 4.90 Å². The fraction of sp³-hybridized carbons (Fsp3) is 0.538. The number of likely N-dealkylation sites (tertiary alicyclic amines) is 1. The molecule has 2 rings (SSSR count). The average Bonchev–Trinajstić information content (AvgIpc) is 2.32. The van der Waals surface area contributed by atoms with Gasteiger partial charge in [0.25, 0.3) is 0 Å². The van der Waals surface area contributed by atoms with Crippen LogP contribution in [0.15, 0.2) is 24.3 Å². The zero-order valence-corrected chi connectivity index (χ0v) is 9.72. The lowest BCUT2D eigenvalue weighted by Crippen LogP contribution is -2.38. The molecule has 88 valence electrons. The Balaban J connectivity index is 1.91. The van der Waals surface area contributed by atoms with Crippen molar-refractivity contribution in [3.8, 4) is 5.75 Å². The van der Waals surface area contributed by atoms with Crippen LogP contribution in [0.1, 0.15) is 18.4 Å². The van der Waals surface area contributed by atoms with Crippen LogP contribution in [0.5, 0.6) is 5.75 Å². The molecule has 1 aromatic carbocycles. The Kier molecular flexibility index (Phi) is 3.80. The first-order valence-electron chi connectivity index (χ1n) is 5.81. The lowest BCUT2D eigenvalue weighted by Gasteiger charge is -2.31. The number of piperidine rings is 1. The Morgan fingerprint density at radius 1 is 1.38 bits per heavy atom. The summed E-state index contributed by atoms with van der Waals surface area (Å²) >= 11 is 0. The molecule has 0 aliphatic carbocycles. The number of methoxy groups -OCH3 is 1. The Bertz CT molecular complexity index is 323. The number of nitrogens with zero attached hydrogens (tertiary/aromatic N) is 1. The van der Waals surface area contributed by atoms with Gasteiger partial charge in [0.1, 0.15) is 5.75 Å². The minimum Gasteiger partial charge on any atom is -0.508 e. The molecular formula is C13H19NO2. The Labute approximate surface area is 96.6 Å². The van der Waals surface area contributed by atoms with Crippen LogP contribution in [0.25, 0.3) is 0 Å². The number of ether oxygens (including phenoxy) is 1. The Morgan fingerprint density at radius 2 is 2.12 bits per heavy atom. The molecule has 1 saturated heterocycles. The summed E-state index contributed by atoms with van der Waals surface area (Å²) in [5.41, 5.74) is 1.24. The Hall–Kier alpha value is -1.06. The Morgan fingerprint density at radius 3 is 2.81 bits per heavy atom. The molecule has 0 bridgehead atoms. The smallest absolute Gasteiger partial charge is 0.115 e. The van der Waals surface area contributed by atoms with Gasteiger partial charge in [-0.25, -0.2) is 0 Å². The monoisotopic (exact) mass is 221 g/mol. The quantitative estimate of drug-likeness (QED) is 0.847. The van der Waals surface area contributed by atoms with Crippen molar-refractivity contribution in [2.24, 2.45) is 0 Å². The SMILES string of the molecule is COC1CCCN(Cc2ccc(O)cc2)C1. The molecule has 1 unspecified atom stereocenters. The van der Waals surface area contributed by atoms with Crippen molar-refractivity contribution < 1.29 is 9.84 Å². The summed E-state index contributed by atoms with van der Waals surface area (Å²) in [5, 5.41) is 9.21. The van der Waals surface area contributed by atoms with Crippen molar-refractivity contribution in [2.75, 3.05) is 20.2 Å². The van der Waals surface area contributed by atoms with E-state index in [1.165, 1.54) is 18.4 Å². The predicted molar refractivity (Wildman–Crippen MR) is 63.4 cm³/mol. The van der Waals surface area contributed by atoms with Gasteiger partial charge in [-0.2, -0.15) is 0 Å². The zero-order valence-electron chi connectivity index (χ0n) is 9.72. The third-order valence-corrected chi connectivity index (χ3v) is 3.14. The molecule has 0 aromatic heterocycles. The second-order valence-electron chi connectivity index (χ2n) is 4.40. The molecule has 3 nitrogen and oxygen atoms in total. The molecule has 0 radical (unpaired) electrons. The van der Waals surface area contributed by atoms with Gasteiger partial charge in [-0.05, 0) is 37.1 Å². The lowest BCUT2D eigenvalue weighted by atomic mass is 10.1. The molecule has 1 heterocycles. The van der Waals surface area contributed by atoms with Crippen molar-refractivity contribution in [1.82, 2.24) is 4.90 Å². The topological polar surface area (TPSA) is 32.7 Å². The largest absolute Gasteiger partial charge is 0.508 e. The molecule has 0 saturated carbocycles. The van der Waals surface area contributed by atoms with Crippen LogP contribution in [0.3, 0.4) is 0 Å². The maximum absolute atomic E-state index is 9.21. The van der Waals surface area contributed by atoms with Gasteiger partial charge >= 0.3 is 0 Å². The minimum absolute atomic E-state index is 0.331. The fourth-order valence-corrected chi connectivity index (χ4v) is 2.21. The highest BCUT2D eigenvalue weighted by Gasteiger charge is 2.19. The molecule has 1 fully saturated rings. The van der Waals surface area contributed by atoms with Crippen LogP contribution in [-0.4, -0.2) is 36.3 Å². The van der Waals surface area contributed by atoms with Crippen molar-refractivity contribution in [3.63, 3.8) is 0 Å². The average molecular weight is 221 g/mol. The molecule has 0 spiro atoms. The first-order chi connectivity index (χ1) is 7.78. The third-order valence-electron chi connectivity index (χ3n) is 3.14. The zero-order chi connectivity index (χ0) is 11.4. The van der Waals surface area contributed by atoms with Crippen LogP contribution in [0, 0.1) is 0 Å². The van der Waals surface area contributed by atoms with E-state index in [2.05, 4.69) is 4.90 Å². The van der Waals surface area contributed by atoms with Crippen molar-refractivity contribution in [1.29, 1.82) is 0 Å². The van der Waals surface area contributed by atoms with E-state index in [4.69, 9.17) is 4.74 Å². The van der Waals surface area contributed by atoms with Crippen LogP contribution in [0.4, 0.5) is 0 Å². The second kappa shape index (κ2) is 5.32. The number of hydrogen-bond acceptors (Lipinski definition) is 3. The summed E-state index contributed by atoms with van der Waals surface area (Å²) in [6.07, 6.45) is 2.75. The summed E-state index contributed by atoms with van der Waals surface area (Å²) in [6, 6.07) is 7.44. The number of phenols is 1. The van der Waals surface area contributed by atoms with E-state index in [-0.39, 0.29) is 0 Å². The highest BCUT2D eigenvalue weighted by Crippen LogP contribution is 2.16. The lowest BCUT2D eigenvalue weighted by molar-refractivity contribution is 0.0285. The first-order valence-corrected chi connectivity index (χ1v) is 5.81. The molecule has 1 N–H and O–H groups in total. The minimum atomic E-state index is 0.331. The fourth-order valence-electron chi connectivity index (χ4n) is 2.21. The molecule has 0 amide bonds. The molecule has 1 aliphatic heterocycles. The molecule has 3 heteroatoms. The van der Waals surface area contributed by atoms with Crippen LogP contribution >= 0.6 is 0 Å². The van der Waals surface area contributed by atoms with E-state index >= 15 is 0 Å². The highest BCUT2D eigenvalue weighted by molar-refractivity contribution is 5.25. The maximum Gasteiger partial charge on any atom is 0.115 e. The highest BCUT2D eigenvalue weighted by atomic mass is 16.5. The summed E-state index contributed by atoms with van der Waals surface area (Å²) in [5.74, 6) is 0.331. The number of phenolic OH excluding ortho intramolecular Hbond substituents is 1. The van der Waals surface area contributed by atoms with Gasteiger partial charge in [-0.15, -0.1) is 0 Å². The van der Waals surface area contributed by atoms with E-state index in [0.29, 0.717) is 11.9 Å². The van der Waals surface area contributed by atoms with E-state index in [0.717, 1.165) is 19.6 Å². The van der Waals surface area contributed by atoms with E-state index in [9.17, 15) is 5.11 Å². The molecule has 1 aromatic rings. The predicted octanol–water partition coefficient (Wildman–Crippen LogP) is 2.00. The normalized spacial score (nSPS) is 22.2. The van der Waals surface area contributed by atoms with Gasteiger partial charge < -0.3 is 9.84 Å². The van der Waals surface area contributed by atoms with Crippen LogP contribution < -0.4 is 0 Å². The summed E-state index contributed by atoms with van der Waals surface area (Å²) in [6.45, 7) is 3.10. The summed E-state index contributed by atoms with van der Waals surface area (Å²) < 4.78 is 5.40. The van der Waals surface area contributed by atoms with Crippen LogP contribution in [-0.2, 0) is 11.3 Å². The summed E-state index contributed by atoms with van der Waals surface area (Å²) in [4.78, 5) is 2.41. The van der Waals surface area contributed by atoms with Crippen molar-refractivity contribution in [2.45, 2.75) is 25.5 Å². The second-order valence-corrected chi connectivity index (χ2v) is 4.40. The van der Waals surface area contributed by atoms with Gasteiger partial charge in [0.2, 0.25) is 0 Å². The van der Waals surface area contributed by atoms with E-state index in [1.807, 2.05) is 12.1 Å². The number of rotatable bonds is 3.